The van der Waals surface area contributed by atoms with Gasteiger partial charge in [0.05, 0.1) is 12.8 Å². The fourth-order valence-corrected chi connectivity index (χ4v) is 3.05. The number of nitrogens with one attached hydrogen (secondary N) is 1. The van der Waals surface area contributed by atoms with Gasteiger partial charge >= 0.3 is 0 Å². The summed E-state index contributed by atoms with van der Waals surface area (Å²) in [7, 11) is 1.59. The first kappa shape index (κ1) is 19.3. The molecular formula is C21H20BrFN2O2. The summed E-state index contributed by atoms with van der Waals surface area (Å²) >= 11 is 3.57. The SMILES string of the molecule is COc1cc(CNCc2ccccn2)c(Br)cc1OCc1ccccc1F. The Bertz CT molecular complexity index is 891. The molecule has 0 aliphatic heterocycles. The summed E-state index contributed by atoms with van der Waals surface area (Å²) in [6, 6.07) is 16.1. The van der Waals surface area contributed by atoms with Gasteiger partial charge < -0.3 is 14.8 Å². The summed E-state index contributed by atoms with van der Waals surface area (Å²) < 4.78 is 25.9. The molecule has 3 rings (SSSR count). The lowest BCUT2D eigenvalue weighted by Gasteiger charge is -2.15. The van der Waals surface area contributed by atoms with Crippen molar-refractivity contribution in [3.8, 4) is 11.5 Å². The minimum Gasteiger partial charge on any atom is -0.493 e. The average Bonchev–Trinajstić information content (AvgIpc) is 2.69. The zero-order valence-corrected chi connectivity index (χ0v) is 16.5. The molecule has 0 aliphatic rings. The predicted octanol–water partition coefficient (Wildman–Crippen LogP) is 4.86. The molecule has 0 aliphatic carbocycles. The second-order valence-corrected chi connectivity index (χ2v) is 6.75. The molecule has 1 aromatic heterocycles. The molecule has 1 N–H and O–H groups in total. The third-order valence-electron chi connectivity index (χ3n) is 4.02. The van der Waals surface area contributed by atoms with Crippen LogP contribution in [0.25, 0.3) is 0 Å². The highest BCUT2D eigenvalue weighted by atomic mass is 79.9. The van der Waals surface area contributed by atoms with Crippen LogP contribution in [-0.2, 0) is 19.7 Å². The van der Waals surface area contributed by atoms with Crippen molar-refractivity contribution in [1.82, 2.24) is 10.3 Å². The Morgan fingerprint density at radius 1 is 1.00 bits per heavy atom. The van der Waals surface area contributed by atoms with Crippen LogP contribution in [0.3, 0.4) is 0 Å². The van der Waals surface area contributed by atoms with Gasteiger partial charge in [0.25, 0.3) is 0 Å². The molecule has 0 amide bonds. The van der Waals surface area contributed by atoms with E-state index in [0.29, 0.717) is 30.2 Å². The summed E-state index contributed by atoms with van der Waals surface area (Å²) in [6.07, 6.45) is 1.78. The van der Waals surface area contributed by atoms with Gasteiger partial charge in [0.2, 0.25) is 0 Å². The third kappa shape index (κ3) is 5.28. The highest BCUT2D eigenvalue weighted by molar-refractivity contribution is 9.10. The fourth-order valence-electron chi connectivity index (χ4n) is 2.58. The van der Waals surface area contributed by atoms with E-state index in [1.807, 2.05) is 30.3 Å². The van der Waals surface area contributed by atoms with Gasteiger partial charge in [-0.2, -0.15) is 0 Å². The predicted molar refractivity (Wildman–Crippen MR) is 106 cm³/mol. The number of aromatic nitrogens is 1. The van der Waals surface area contributed by atoms with Crippen LogP contribution in [0, 0.1) is 5.82 Å². The third-order valence-corrected chi connectivity index (χ3v) is 4.76. The van der Waals surface area contributed by atoms with Crippen LogP contribution in [0.4, 0.5) is 4.39 Å². The van der Waals surface area contributed by atoms with E-state index in [-0.39, 0.29) is 12.4 Å². The molecule has 0 fully saturated rings. The number of hydrogen-bond donors (Lipinski definition) is 1. The summed E-state index contributed by atoms with van der Waals surface area (Å²) in [5, 5.41) is 3.36. The molecule has 0 radical (unpaired) electrons. The Balaban J connectivity index is 1.66. The Morgan fingerprint density at radius 2 is 1.81 bits per heavy atom. The highest BCUT2D eigenvalue weighted by Gasteiger charge is 2.11. The summed E-state index contributed by atoms with van der Waals surface area (Å²) in [6.45, 7) is 1.44. The van der Waals surface area contributed by atoms with Crippen LogP contribution >= 0.6 is 15.9 Å². The molecule has 140 valence electrons. The van der Waals surface area contributed by atoms with Crippen molar-refractivity contribution in [2.75, 3.05) is 7.11 Å². The molecule has 0 spiro atoms. The summed E-state index contributed by atoms with van der Waals surface area (Å²) in [5.41, 5.74) is 2.50. The van der Waals surface area contributed by atoms with Crippen molar-refractivity contribution >= 4 is 15.9 Å². The summed E-state index contributed by atoms with van der Waals surface area (Å²) in [5.74, 6) is 0.871. The monoisotopic (exact) mass is 430 g/mol. The molecule has 1 heterocycles. The smallest absolute Gasteiger partial charge is 0.162 e. The molecule has 0 saturated carbocycles. The molecule has 4 nitrogen and oxygen atoms in total. The van der Waals surface area contributed by atoms with Crippen LogP contribution in [-0.4, -0.2) is 12.1 Å². The number of ether oxygens (including phenoxy) is 2. The van der Waals surface area contributed by atoms with Gasteiger partial charge in [0, 0.05) is 29.3 Å². The van der Waals surface area contributed by atoms with Crippen LogP contribution < -0.4 is 14.8 Å². The minimum atomic E-state index is -0.286. The van der Waals surface area contributed by atoms with Gasteiger partial charge in [0.15, 0.2) is 11.5 Å². The lowest BCUT2D eigenvalue weighted by atomic mass is 10.2. The van der Waals surface area contributed by atoms with Crippen LogP contribution in [0.15, 0.2) is 65.3 Å². The van der Waals surface area contributed by atoms with Gasteiger partial charge in [0.1, 0.15) is 12.4 Å². The number of benzene rings is 2. The summed E-state index contributed by atoms with van der Waals surface area (Å²) in [4.78, 5) is 4.29. The normalized spacial score (nSPS) is 10.6. The lowest BCUT2D eigenvalue weighted by Crippen LogP contribution is -2.14. The quantitative estimate of drug-likeness (QED) is 0.553. The van der Waals surface area contributed by atoms with Crippen molar-refractivity contribution in [3.05, 3.63) is 87.9 Å². The maximum Gasteiger partial charge on any atom is 0.162 e. The first-order chi connectivity index (χ1) is 13.2. The Morgan fingerprint density at radius 3 is 2.56 bits per heavy atom. The van der Waals surface area contributed by atoms with E-state index in [1.165, 1.54) is 6.07 Å². The van der Waals surface area contributed by atoms with Gasteiger partial charge in [-0.15, -0.1) is 0 Å². The number of pyridine rings is 1. The molecule has 27 heavy (non-hydrogen) atoms. The van der Waals surface area contributed by atoms with Crippen LogP contribution in [0.2, 0.25) is 0 Å². The Labute approximate surface area is 166 Å². The van der Waals surface area contributed by atoms with Crippen molar-refractivity contribution in [3.63, 3.8) is 0 Å². The molecule has 0 unspecified atom stereocenters. The van der Waals surface area contributed by atoms with E-state index in [4.69, 9.17) is 9.47 Å². The van der Waals surface area contributed by atoms with E-state index >= 15 is 0 Å². The standard InChI is InChI=1S/C21H20BrFN2O2/c1-26-20-10-16(12-24-13-17-7-4-5-9-25-17)18(22)11-21(20)27-14-15-6-2-3-8-19(15)23/h2-11,24H,12-14H2,1H3. The molecule has 0 bridgehead atoms. The number of halogens is 2. The molecule has 3 aromatic rings. The van der Waals surface area contributed by atoms with E-state index in [1.54, 1.807) is 31.5 Å². The minimum absolute atomic E-state index is 0.132. The van der Waals surface area contributed by atoms with Crippen molar-refractivity contribution in [2.24, 2.45) is 0 Å². The molecule has 2 aromatic carbocycles. The Hall–Kier alpha value is -2.44. The van der Waals surface area contributed by atoms with E-state index in [0.717, 1.165) is 15.7 Å². The number of hydrogen-bond acceptors (Lipinski definition) is 4. The van der Waals surface area contributed by atoms with Gasteiger partial charge in [-0.05, 0) is 35.9 Å². The van der Waals surface area contributed by atoms with Gasteiger partial charge in [-0.3, -0.25) is 4.98 Å². The van der Waals surface area contributed by atoms with Crippen LogP contribution in [0.5, 0.6) is 11.5 Å². The van der Waals surface area contributed by atoms with Crippen molar-refractivity contribution < 1.29 is 13.9 Å². The second kappa shape index (κ2) is 9.48. The highest BCUT2D eigenvalue weighted by Crippen LogP contribution is 2.34. The number of nitrogens with zero attached hydrogens (tertiary/aromatic N) is 1. The van der Waals surface area contributed by atoms with Crippen molar-refractivity contribution in [1.29, 1.82) is 0 Å². The number of rotatable bonds is 8. The average molecular weight is 431 g/mol. The van der Waals surface area contributed by atoms with E-state index in [9.17, 15) is 4.39 Å². The molecular weight excluding hydrogens is 411 g/mol. The fraction of sp³-hybridized carbons (Fsp3) is 0.190. The van der Waals surface area contributed by atoms with E-state index in [2.05, 4.69) is 26.2 Å². The van der Waals surface area contributed by atoms with E-state index < -0.39 is 0 Å². The topological polar surface area (TPSA) is 43.4 Å². The van der Waals surface area contributed by atoms with Crippen molar-refractivity contribution in [2.45, 2.75) is 19.7 Å². The molecule has 0 saturated heterocycles. The maximum atomic E-state index is 13.8. The second-order valence-electron chi connectivity index (χ2n) is 5.90. The molecule has 0 atom stereocenters. The zero-order chi connectivity index (χ0) is 19.1. The Kier molecular flexibility index (Phi) is 6.79. The largest absolute Gasteiger partial charge is 0.493 e. The first-order valence-corrected chi connectivity index (χ1v) is 9.30. The number of methoxy groups -OCH3 is 1. The van der Waals surface area contributed by atoms with Gasteiger partial charge in [-0.1, -0.05) is 40.2 Å². The zero-order valence-electron chi connectivity index (χ0n) is 14.9. The lowest BCUT2D eigenvalue weighted by molar-refractivity contribution is 0.279. The first-order valence-electron chi connectivity index (χ1n) is 8.50. The maximum absolute atomic E-state index is 13.8. The van der Waals surface area contributed by atoms with Gasteiger partial charge in [-0.25, -0.2) is 4.39 Å². The van der Waals surface area contributed by atoms with Crippen LogP contribution in [0.1, 0.15) is 16.8 Å². The molecule has 6 heteroatoms.